The van der Waals surface area contributed by atoms with Gasteiger partial charge in [0.15, 0.2) is 9.84 Å². The van der Waals surface area contributed by atoms with Crippen LogP contribution in [-0.4, -0.2) is 32.2 Å². The van der Waals surface area contributed by atoms with Crippen LogP contribution in [0.25, 0.3) is 0 Å². The normalized spacial score (nSPS) is 13.4. The zero-order valence-corrected chi connectivity index (χ0v) is 12.1. The standard InChI is InChI=1S/C12H19NO2S2/c1-4-17(14,15)12-8-6-5-7-11(12)13-9-10(2)16-3/h5-8,10,13H,4,9H2,1-3H3. The summed E-state index contributed by atoms with van der Waals surface area (Å²) < 4.78 is 23.8. The van der Waals surface area contributed by atoms with Crippen molar-refractivity contribution in [2.75, 3.05) is 23.9 Å². The van der Waals surface area contributed by atoms with Crippen LogP contribution in [0.2, 0.25) is 0 Å². The third-order valence-corrected chi connectivity index (χ3v) is 5.34. The van der Waals surface area contributed by atoms with Gasteiger partial charge in [-0.1, -0.05) is 26.0 Å². The molecule has 0 amide bonds. The number of nitrogens with one attached hydrogen (secondary N) is 1. The van der Waals surface area contributed by atoms with Crippen LogP contribution in [0.5, 0.6) is 0 Å². The van der Waals surface area contributed by atoms with Crippen molar-refractivity contribution in [2.24, 2.45) is 0 Å². The van der Waals surface area contributed by atoms with E-state index in [1.807, 2.05) is 18.4 Å². The van der Waals surface area contributed by atoms with Crippen LogP contribution in [0.15, 0.2) is 29.2 Å². The van der Waals surface area contributed by atoms with Crippen molar-refractivity contribution >= 4 is 27.3 Å². The molecule has 0 bridgehead atoms. The van der Waals surface area contributed by atoms with Gasteiger partial charge < -0.3 is 5.32 Å². The van der Waals surface area contributed by atoms with Crippen LogP contribution in [0.1, 0.15) is 13.8 Å². The van der Waals surface area contributed by atoms with Crippen molar-refractivity contribution in [1.29, 1.82) is 0 Å². The first-order valence-electron chi connectivity index (χ1n) is 5.59. The highest BCUT2D eigenvalue weighted by Gasteiger charge is 2.15. The summed E-state index contributed by atoms with van der Waals surface area (Å²) >= 11 is 1.75. The maximum atomic E-state index is 11.9. The molecule has 0 aromatic heterocycles. The zero-order valence-electron chi connectivity index (χ0n) is 10.4. The fraction of sp³-hybridized carbons (Fsp3) is 0.500. The summed E-state index contributed by atoms with van der Waals surface area (Å²) in [5, 5.41) is 3.66. The lowest BCUT2D eigenvalue weighted by Crippen LogP contribution is -2.15. The van der Waals surface area contributed by atoms with Crippen molar-refractivity contribution in [3.05, 3.63) is 24.3 Å². The van der Waals surface area contributed by atoms with Gasteiger partial charge in [-0.3, -0.25) is 0 Å². The van der Waals surface area contributed by atoms with Gasteiger partial charge in [0.1, 0.15) is 0 Å². The van der Waals surface area contributed by atoms with E-state index >= 15 is 0 Å². The Morgan fingerprint density at radius 1 is 1.35 bits per heavy atom. The van der Waals surface area contributed by atoms with E-state index in [-0.39, 0.29) is 5.75 Å². The number of sulfone groups is 1. The molecule has 0 aliphatic rings. The third kappa shape index (κ3) is 3.92. The number of hydrogen-bond donors (Lipinski definition) is 1. The maximum Gasteiger partial charge on any atom is 0.180 e. The first-order valence-corrected chi connectivity index (χ1v) is 8.53. The molecule has 1 aromatic rings. The van der Waals surface area contributed by atoms with E-state index in [9.17, 15) is 8.42 Å². The van der Waals surface area contributed by atoms with E-state index < -0.39 is 9.84 Å². The van der Waals surface area contributed by atoms with Crippen LogP contribution < -0.4 is 5.32 Å². The number of thioether (sulfide) groups is 1. The zero-order chi connectivity index (χ0) is 12.9. The second-order valence-corrected chi connectivity index (χ2v) is 7.35. The van der Waals surface area contributed by atoms with E-state index in [1.165, 1.54) is 0 Å². The van der Waals surface area contributed by atoms with E-state index in [2.05, 4.69) is 12.2 Å². The number of rotatable bonds is 6. The second-order valence-electron chi connectivity index (χ2n) is 3.83. The van der Waals surface area contributed by atoms with Gasteiger partial charge in [-0.05, 0) is 18.4 Å². The monoisotopic (exact) mass is 273 g/mol. The minimum Gasteiger partial charge on any atom is -0.383 e. The largest absolute Gasteiger partial charge is 0.383 e. The Kier molecular flexibility index (Phi) is 5.33. The summed E-state index contributed by atoms with van der Waals surface area (Å²) in [6, 6.07) is 7.08. The Hall–Kier alpha value is -0.680. The van der Waals surface area contributed by atoms with Crippen LogP contribution >= 0.6 is 11.8 Å². The Bertz CT molecular complexity index is 457. The Balaban J connectivity index is 2.93. The minimum absolute atomic E-state index is 0.129. The lowest BCUT2D eigenvalue weighted by Gasteiger charge is -2.14. The lowest BCUT2D eigenvalue weighted by atomic mass is 10.3. The third-order valence-electron chi connectivity index (χ3n) is 2.58. The number of hydrogen-bond acceptors (Lipinski definition) is 4. The van der Waals surface area contributed by atoms with Gasteiger partial charge in [-0.15, -0.1) is 0 Å². The first kappa shape index (κ1) is 14.4. The molecular weight excluding hydrogens is 254 g/mol. The van der Waals surface area contributed by atoms with E-state index in [0.29, 0.717) is 15.8 Å². The molecule has 1 N–H and O–H groups in total. The van der Waals surface area contributed by atoms with Crippen LogP contribution in [-0.2, 0) is 9.84 Å². The molecule has 0 aliphatic carbocycles. The average Bonchev–Trinajstić information content (AvgIpc) is 2.36. The predicted molar refractivity (Wildman–Crippen MR) is 75.6 cm³/mol. The number of anilines is 1. The molecule has 1 rings (SSSR count). The predicted octanol–water partition coefficient (Wildman–Crippen LogP) is 2.64. The molecule has 0 radical (unpaired) electrons. The van der Waals surface area contributed by atoms with Gasteiger partial charge in [0.2, 0.25) is 0 Å². The summed E-state index contributed by atoms with van der Waals surface area (Å²) in [6.07, 6.45) is 2.04. The van der Waals surface area contributed by atoms with E-state index in [4.69, 9.17) is 0 Å². The van der Waals surface area contributed by atoms with Crippen molar-refractivity contribution in [1.82, 2.24) is 0 Å². The van der Waals surface area contributed by atoms with Crippen molar-refractivity contribution in [2.45, 2.75) is 24.0 Å². The van der Waals surface area contributed by atoms with Crippen LogP contribution in [0, 0.1) is 0 Å². The summed E-state index contributed by atoms with van der Waals surface area (Å²) in [7, 11) is -3.15. The van der Waals surface area contributed by atoms with Gasteiger partial charge >= 0.3 is 0 Å². The molecule has 0 fully saturated rings. The van der Waals surface area contributed by atoms with Crippen LogP contribution in [0.4, 0.5) is 5.69 Å². The van der Waals surface area contributed by atoms with Gasteiger partial charge in [-0.25, -0.2) is 8.42 Å². The van der Waals surface area contributed by atoms with Gasteiger partial charge in [0.25, 0.3) is 0 Å². The highest BCUT2D eigenvalue weighted by Crippen LogP contribution is 2.22. The molecule has 96 valence electrons. The fourth-order valence-electron chi connectivity index (χ4n) is 1.38. The number of para-hydroxylation sites is 1. The Morgan fingerprint density at radius 2 is 2.00 bits per heavy atom. The van der Waals surface area contributed by atoms with Crippen LogP contribution in [0.3, 0.4) is 0 Å². The molecule has 17 heavy (non-hydrogen) atoms. The minimum atomic E-state index is -3.15. The molecular formula is C12H19NO2S2. The molecule has 1 atom stereocenters. The van der Waals surface area contributed by atoms with Gasteiger partial charge in [0.05, 0.1) is 16.3 Å². The maximum absolute atomic E-state index is 11.9. The highest BCUT2D eigenvalue weighted by atomic mass is 32.2. The van der Waals surface area contributed by atoms with E-state index in [0.717, 1.165) is 6.54 Å². The summed E-state index contributed by atoms with van der Waals surface area (Å²) in [5.41, 5.74) is 0.704. The Labute approximate surface area is 108 Å². The van der Waals surface area contributed by atoms with Crippen molar-refractivity contribution in [3.8, 4) is 0 Å². The van der Waals surface area contributed by atoms with Gasteiger partial charge in [0, 0.05) is 11.8 Å². The summed E-state index contributed by atoms with van der Waals surface area (Å²) in [6.45, 7) is 4.53. The molecule has 0 saturated heterocycles. The highest BCUT2D eigenvalue weighted by molar-refractivity contribution is 7.99. The smallest absolute Gasteiger partial charge is 0.180 e. The Morgan fingerprint density at radius 3 is 2.59 bits per heavy atom. The summed E-state index contributed by atoms with van der Waals surface area (Å²) in [4.78, 5) is 0.399. The topological polar surface area (TPSA) is 46.2 Å². The first-order chi connectivity index (χ1) is 8.01. The second kappa shape index (κ2) is 6.31. The van der Waals surface area contributed by atoms with Crippen molar-refractivity contribution < 1.29 is 8.42 Å². The van der Waals surface area contributed by atoms with E-state index in [1.54, 1.807) is 30.8 Å². The molecule has 0 spiro atoms. The number of benzene rings is 1. The van der Waals surface area contributed by atoms with Gasteiger partial charge in [-0.2, -0.15) is 11.8 Å². The fourth-order valence-corrected chi connectivity index (χ4v) is 2.70. The SMILES string of the molecule is CCS(=O)(=O)c1ccccc1NCC(C)SC. The average molecular weight is 273 g/mol. The molecule has 0 heterocycles. The van der Waals surface area contributed by atoms with Crippen molar-refractivity contribution in [3.63, 3.8) is 0 Å². The molecule has 5 heteroatoms. The molecule has 0 saturated carbocycles. The lowest BCUT2D eigenvalue weighted by molar-refractivity contribution is 0.597. The molecule has 0 aliphatic heterocycles. The summed E-state index contributed by atoms with van der Waals surface area (Å²) in [5.74, 6) is 0.129. The quantitative estimate of drug-likeness (QED) is 0.865. The molecule has 1 aromatic carbocycles. The molecule has 3 nitrogen and oxygen atoms in total. The molecule has 1 unspecified atom stereocenters.